The minimum absolute atomic E-state index is 0.0561. The summed E-state index contributed by atoms with van der Waals surface area (Å²) in [7, 11) is -3.33. The predicted octanol–water partition coefficient (Wildman–Crippen LogP) is 3.82. The molecule has 28 heavy (non-hydrogen) atoms. The summed E-state index contributed by atoms with van der Waals surface area (Å²) in [4.78, 5) is 5.41. The molecule has 0 aromatic heterocycles. The van der Waals surface area contributed by atoms with E-state index in [4.69, 9.17) is 0 Å². The molecule has 0 saturated carbocycles. The molecule has 1 aliphatic heterocycles. The van der Waals surface area contributed by atoms with Crippen LogP contribution in [0.4, 0.5) is 0 Å². The molecule has 152 valence electrons. The molecule has 0 N–H and O–H groups in total. The maximum atomic E-state index is 12.8. The quantitative estimate of drug-likeness (QED) is 0.708. The van der Waals surface area contributed by atoms with E-state index in [1.807, 2.05) is 24.3 Å². The summed E-state index contributed by atoms with van der Waals surface area (Å²) in [5, 5.41) is 0. The maximum absolute atomic E-state index is 12.8. The summed E-state index contributed by atoms with van der Waals surface area (Å²) in [6.07, 6.45) is 1.16. The molecule has 3 rings (SSSR count). The number of benzene rings is 2. The number of sulfone groups is 1. The molecule has 0 radical (unpaired) electrons. The topological polar surface area (TPSA) is 40.6 Å². The van der Waals surface area contributed by atoms with Gasteiger partial charge in [-0.2, -0.15) is 0 Å². The zero-order valence-electron chi connectivity index (χ0n) is 17.0. The summed E-state index contributed by atoms with van der Waals surface area (Å²) in [5.74, 6) is 0.746. The largest absolute Gasteiger partial charge is 0.302 e. The smallest absolute Gasteiger partial charge is 0.182 e. The molecule has 2 aromatic rings. The van der Waals surface area contributed by atoms with Crippen LogP contribution in [-0.2, 0) is 22.1 Å². The normalized spacial score (nSPS) is 17.0. The van der Waals surface area contributed by atoms with E-state index in [1.165, 1.54) is 0 Å². The van der Waals surface area contributed by atoms with E-state index in [-0.39, 0.29) is 5.75 Å². The van der Waals surface area contributed by atoms with E-state index >= 15 is 0 Å². The lowest BCUT2D eigenvalue weighted by molar-refractivity contribution is 0.235. The van der Waals surface area contributed by atoms with Crippen LogP contribution in [0, 0.1) is 5.92 Å². The number of nitrogens with zero attached hydrogens (tertiary/aromatic N) is 2. The van der Waals surface area contributed by atoms with Gasteiger partial charge in [-0.1, -0.05) is 56.3 Å². The van der Waals surface area contributed by atoms with Gasteiger partial charge in [0.25, 0.3) is 0 Å². The van der Waals surface area contributed by atoms with Crippen LogP contribution in [0.15, 0.2) is 59.5 Å². The number of hydrogen-bond donors (Lipinski definition) is 0. The summed E-state index contributed by atoms with van der Waals surface area (Å²) >= 11 is 0. The molecule has 1 aliphatic rings. The van der Waals surface area contributed by atoms with Crippen molar-refractivity contribution in [3.8, 4) is 0 Å². The van der Waals surface area contributed by atoms with Crippen LogP contribution in [0.25, 0.3) is 0 Å². The first kappa shape index (κ1) is 21.0. The Morgan fingerprint density at radius 2 is 1.43 bits per heavy atom. The fraction of sp³-hybridized carbons (Fsp3) is 0.478. The van der Waals surface area contributed by atoms with Crippen LogP contribution in [0.3, 0.4) is 0 Å². The van der Waals surface area contributed by atoms with E-state index < -0.39 is 9.84 Å². The van der Waals surface area contributed by atoms with Gasteiger partial charge in [0, 0.05) is 26.2 Å². The molecule has 0 atom stereocenters. The van der Waals surface area contributed by atoms with Crippen LogP contribution in [0.5, 0.6) is 0 Å². The Kier molecular flexibility index (Phi) is 7.27. The summed E-state index contributed by atoms with van der Waals surface area (Å²) in [5.41, 5.74) is 2.04. The Balaban J connectivity index is 1.69. The lowest BCUT2D eigenvalue weighted by Crippen LogP contribution is -2.33. The predicted molar refractivity (Wildman–Crippen MR) is 115 cm³/mol. The van der Waals surface area contributed by atoms with Crippen molar-refractivity contribution >= 4 is 9.84 Å². The molecule has 0 aliphatic carbocycles. The van der Waals surface area contributed by atoms with Gasteiger partial charge in [0.05, 0.1) is 10.6 Å². The molecule has 0 spiro atoms. The second-order valence-electron chi connectivity index (χ2n) is 8.17. The molecular weight excluding hydrogens is 368 g/mol. The van der Waals surface area contributed by atoms with Gasteiger partial charge in [-0.15, -0.1) is 0 Å². The summed E-state index contributed by atoms with van der Waals surface area (Å²) in [6.45, 7) is 10.8. The Labute approximate surface area is 170 Å². The standard InChI is InChI=1S/C23H32N2O2S/c1-20(2)17-24-13-8-14-25(16-15-24)18-21-9-6-7-10-22(21)19-28(26,27)23-11-4-3-5-12-23/h3-7,9-12,20H,8,13-19H2,1-2H3. The average Bonchev–Trinajstić information content (AvgIpc) is 2.88. The molecule has 0 amide bonds. The molecule has 1 heterocycles. The highest BCUT2D eigenvalue weighted by Gasteiger charge is 2.20. The molecule has 5 heteroatoms. The number of hydrogen-bond acceptors (Lipinski definition) is 4. The van der Waals surface area contributed by atoms with Gasteiger partial charge in [0.1, 0.15) is 0 Å². The second-order valence-corrected chi connectivity index (χ2v) is 10.2. The van der Waals surface area contributed by atoms with Gasteiger partial charge in [0.15, 0.2) is 9.84 Å². The number of rotatable bonds is 7. The van der Waals surface area contributed by atoms with Crippen LogP contribution in [0.2, 0.25) is 0 Å². The molecule has 1 fully saturated rings. The van der Waals surface area contributed by atoms with E-state index in [0.717, 1.165) is 56.8 Å². The van der Waals surface area contributed by atoms with Crippen molar-refractivity contribution in [2.75, 3.05) is 32.7 Å². The molecule has 4 nitrogen and oxygen atoms in total. The van der Waals surface area contributed by atoms with Crippen LogP contribution >= 0.6 is 0 Å². The van der Waals surface area contributed by atoms with Crippen molar-refractivity contribution in [2.45, 2.75) is 37.5 Å². The highest BCUT2D eigenvalue weighted by Crippen LogP contribution is 2.20. The SMILES string of the molecule is CC(C)CN1CCCN(Cc2ccccc2CS(=O)(=O)c2ccccc2)CC1. The first-order chi connectivity index (χ1) is 13.4. The van der Waals surface area contributed by atoms with Gasteiger partial charge in [0.2, 0.25) is 0 Å². The third-order valence-electron chi connectivity index (χ3n) is 5.26. The Bertz CT molecular complexity index is 850. The third-order valence-corrected chi connectivity index (χ3v) is 6.95. The van der Waals surface area contributed by atoms with E-state index in [2.05, 4.69) is 29.7 Å². The van der Waals surface area contributed by atoms with Crippen molar-refractivity contribution in [2.24, 2.45) is 5.92 Å². The van der Waals surface area contributed by atoms with Crippen molar-refractivity contribution in [1.82, 2.24) is 9.80 Å². The molecular formula is C23H32N2O2S. The van der Waals surface area contributed by atoms with E-state index in [9.17, 15) is 8.42 Å². The van der Waals surface area contributed by atoms with Gasteiger partial charge < -0.3 is 4.90 Å². The van der Waals surface area contributed by atoms with Crippen LogP contribution < -0.4 is 0 Å². The molecule has 1 saturated heterocycles. The van der Waals surface area contributed by atoms with Crippen molar-refractivity contribution in [3.05, 3.63) is 65.7 Å². The summed E-state index contributed by atoms with van der Waals surface area (Å²) in [6, 6.07) is 16.7. The van der Waals surface area contributed by atoms with Gasteiger partial charge in [-0.3, -0.25) is 4.90 Å². The first-order valence-electron chi connectivity index (χ1n) is 10.2. The van der Waals surface area contributed by atoms with E-state index in [1.54, 1.807) is 24.3 Å². The lowest BCUT2D eigenvalue weighted by Gasteiger charge is -2.23. The minimum Gasteiger partial charge on any atom is -0.302 e. The van der Waals surface area contributed by atoms with Crippen molar-refractivity contribution in [1.29, 1.82) is 0 Å². The van der Waals surface area contributed by atoms with Gasteiger partial charge in [-0.05, 0) is 48.7 Å². The van der Waals surface area contributed by atoms with Gasteiger partial charge in [-0.25, -0.2) is 8.42 Å². The lowest BCUT2D eigenvalue weighted by atomic mass is 10.1. The molecule has 0 bridgehead atoms. The van der Waals surface area contributed by atoms with Crippen molar-refractivity contribution in [3.63, 3.8) is 0 Å². The monoisotopic (exact) mass is 400 g/mol. The molecule has 2 aromatic carbocycles. The average molecular weight is 401 g/mol. The Hall–Kier alpha value is -1.69. The highest BCUT2D eigenvalue weighted by molar-refractivity contribution is 7.90. The first-order valence-corrected chi connectivity index (χ1v) is 11.9. The van der Waals surface area contributed by atoms with E-state index in [0.29, 0.717) is 10.8 Å². The maximum Gasteiger partial charge on any atom is 0.182 e. The van der Waals surface area contributed by atoms with Crippen LogP contribution in [0.1, 0.15) is 31.4 Å². The second kappa shape index (κ2) is 9.68. The van der Waals surface area contributed by atoms with Crippen LogP contribution in [-0.4, -0.2) is 50.9 Å². The fourth-order valence-corrected chi connectivity index (χ4v) is 5.32. The third kappa shape index (κ3) is 5.90. The highest BCUT2D eigenvalue weighted by atomic mass is 32.2. The fourth-order valence-electron chi connectivity index (χ4n) is 3.89. The minimum atomic E-state index is -3.33. The Morgan fingerprint density at radius 3 is 2.14 bits per heavy atom. The van der Waals surface area contributed by atoms with Gasteiger partial charge >= 0.3 is 0 Å². The zero-order valence-corrected chi connectivity index (χ0v) is 17.9. The summed E-state index contributed by atoms with van der Waals surface area (Å²) < 4.78 is 25.7. The molecule has 0 unspecified atom stereocenters. The zero-order chi connectivity index (χ0) is 20.0. The Morgan fingerprint density at radius 1 is 0.821 bits per heavy atom. The van der Waals surface area contributed by atoms with Crippen molar-refractivity contribution < 1.29 is 8.42 Å².